The third-order valence-corrected chi connectivity index (χ3v) is 4.07. The molecule has 3 N–H and O–H groups in total. The minimum Gasteiger partial charge on any atom is -0.314 e. The summed E-state index contributed by atoms with van der Waals surface area (Å²) in [5, 5.41) is 8.99. The molecular weight excluding hydrogens is 270 g/mol. The molecule has 1 aliphatic rings. The Bertz CT molecular complexity index is 544. The molecule has 0 bridgehead atoms. The van der Waals surface area contributed by atoms with Crippen molar-refractivity contribution in [3.8, 4) is 0 Å². The van der Waals surface area contributed by atoms with E-state index in [4.69, 9.17) is 0 Å². The summed E-state index contributed by atoms with van der Waals surface area (Å²) in [6, 6.07) is 2.56. The number of rotatable bonds is 5. The van der Waals surface area contributed by atoms with Gasteiger partial charge in [-0.2, -0.15) is 5.10 Å². The molecule has 0 amide bonds. The molecule has 0 radical (unpaired) electrons. The maximum absolute atomic E-state index is 11.8. The third kappa shape index (κ3) is 4.62. The predicted molar refractivity (Wildman–Crippen MR) is 71.6 cm³/mol. The predicted octanol–water partition coefficient (Wildman–Crippen LogP) is -1.58. The lowest BCUT2D eigenvalue weighted by Gasteiger charge is -2.26. The fourth-order valence-electron chi connectivity index (χ4n) is 1.80. The van der Waals surface area contributed by atoms with Crippen LogP contribution in [-0.4, -0.2) is 62.0 Å². The number of aromatic amines is 1. The van der Waals surface area contributed by atoms with Crippen LogP contribution in [0.3, 0.4) is 0 Å². The molecule has 0 unspecified atom stereocenters. The first kappa shape index (κ1) is 14.0. The van der Waals surface area contributed by atoms with Crippen LogP contribution in [0.5, 0.6) is 0 Å². The van der Waals surface area contributed by atoms with Gasteiger partial charge < -0.3 is 5.32 Å². The number of anilines is 1. The van der Waals surface area contributed by atoms with Crippen LogP contribution in [0.4, 0.5) is 5.82 Å². The van der Waals surface area contributed by atoms with Crippen LogP contribution in [0.25, 0.3) is 0 Å². The number of sulfonamides is 1. The summed E-state index contributed by atoms with van der Waals surface area (Å²) in [6.45, 7) is 3.96. The fraction of sp³-hybridized carbons (Fsp3) is 0.600. The number of nitrogens with one attached hydrogen (secondary N) is 3. The summed E-state index contributed by atoms with van der Waals surface area (Å²) >= 11 is 0. The lowest BCUT2D eigenvalue weighted by atomic mass is 10.4. The highest BCUT2D eigenvalue weighted by molar-refractivity contribution is 7.92. The Morgan fingerprint density at radius 3 is 2.68 bits per heavy atom. The van der Waals surface area contributed by atoms with E-state index in [9.17, 15) is 13.2 Å². The van der Waals surface area contributed by atoms with E-state index >= 15 is 0 Å². The van der Waals surface area contributed by atoms with Gasteiger partial charge in [0.25, 0.3) is 5.56 Å². The Kier molecular flexibility index (Phi) is 4.51. The summed E-state index contributed by atoms with van der Waals surface area (Å²) in [4.78, 5) is 12.9. The zero-order valence-corrected chi connectivity index (χ0v) is 11.2. The van der Waals surface area contributed by atoms with Crippen molar-refractivity contribution in [3.63, 3.8) is 0 Å². The molecule has 2 rings (SSSR count). The van der Waals surface area contributed by atoms with Crippen LogP contribution in [-0.2, 0) is 10.0 Å². The van der Waals surface area contributed by atoms with Crippen molar-refractivity contribution in [3.05, 3.63) is 22.5 Å². The largest absolute Gasteiger partial charge is 0.314 e. The molecule has 8 nitrogen and oxygen atoms in total. The zero-order chi connectivity index (χ0) is 13.7. The average molecular weight is 287 g/mol. The van der Waals surface area contributed by atoms with E-state index in [0.29, 0.717) is 6.54 Å². The molecule has 2 heterocycles. The van der Waals surface area contributed by atoms with Crippen molar-refractivity contribution in [2.75, 3.05) is 43.2 Å². The van der Waals surface area contributed by atoms with E-state index in [1.165, 1.54) is 12.1 Å². The highest BCUT2D eigenvalue weighted by atomic mass is 32.2. The van der Waals surface area contributed by atoms with Crippen LogP contribution in [0.15, 0.2) is 16.9 Å². The second kappa shape index (κ2) is 6.13. The summed E-state index contributed by atoms with van der Waals surface area (Å²) in [6.07, 6.45) is 0. The monoisotopic (exact) mass is 287 g/mol. The maximum Gasteiger partial charge on any atom is 0.264 e. The molecule has 1 aliphatic heterocycles. The molecule has 0 aliphatic carbocycles. The van der Waals surface area contributed by atoms with E-state index in [1.807, 2.05) is 0 Å². The van der Waals surface area contributed by atoms with Gasteiger partial charge in [0.15, 0.2) is 5.82 Å². The van der Waals surface area contributed by atoms with Gasteiger partial charge in [-0.25, -0.2) is 13.5 Å². The van der Waals surface area contributed by atoms with Crippen molar-refractivity contribution < 1.29 is 8.42 Å². The molecule has 19 heavy (non-hydrogen) atoms. The van der Waals surface area contributed by atoms with Gasteiger partial charge in [0.05, 0.1) is 5.75 Å². The van der Waals surface area contributed by atoms with Crippen LogP contribution in [0.1, 0.15) is 0 Å². The van der Waals surface area contributed by atoms with Crippen molar-refractivity contribution in [1.29, 1.82) is 0 Å². The molecule has 0 aromatic carbocycles. The molecule has 1 aromatic rings. The quantitative estimate of drug-likeness (QED) is 0.603. The molecule has 1 saturated heterocycles. The van der Waals surface area contributed by atoms with Crippen LogP contribution in [0, 0.1) is 0 Å². The lowest BCUT2D eigenvalue weighted by molar-refractivity contribution is 0.254. The van der Waals surface area contributed by atoms with Gasteiger partial charge in [0.2, 0.25) is 10.0 Å². The average Bonchev–Trinajstić information content (AvgIpc) is 2.40. The Morgan fingerprint density at radius 2 is 2.05 bits per heavy atom. The van der Waals surface area contributed by atoms with E-state index in [1.54, 1.807) is 0 Å². The van der Waals surface area contributed by atoms with Crippen molar-refractivity contribution in [2.24, 2.45) is 0 Å². The third-order valence-electron chi connectivity index (χ3n) is 2.83. The molecule has 9 heteroatoms. The fourth-order valence-corrected chi connectivity index (χ4v) is 2.83. The van der Waals surface area contributed by atoms with Crippen molar-refractivity contribution in [2.45, 2.75) is 0 Å². The molecular formula is C10H17N5O3S. The Hall–Kier alpha value is -1.45. The minimum atomic E-state index is -3.44. The minimum absolute atomic E-state index is 0.00774. The highest BCUT2D eigenvalue weighted by Crippen LogP contribution is 2.02. The normalized spacial score (nSPS) is 17.3. The summed E-state index contributed by atoms with van der Waals surface area (Å²) in [5.74, 6) is 0.133. The molecule has 0 saturated carbocycles. The summed E-state index contributed by atoms with van der Waals surface area (Å²) in [7, 11) is -3.44. The van der Waals surface area contributed by atoms with E-state index in [2.05, 4.69) is 25.1 Å². The smallest absolute Gasteiger partial charge is 0.264 e. The highest BCUT2D eigenvalue weighted by Gasteiger charge is 2.15. The number of aromatic nitrogens is 2. The molecule has 106 valence electrons. The standard InChI is InChI=1S/C10H17N5O3S/c16-10-2-1-9(12-13-10)14-19(17,18)8-7-15-5-3-11-4-6-15/h1-2,11H,3-8H2,(H,12,14)(H,13,16). The Labute approximate surface area is 111 Å². The number of hydrogen-bond donors (Lipinski definition) is 3. The van der Waals surface area contributed by atoms with E-state index in [-0.39, 0.29) is 17.1 Å². The Balaban J connectivity index is 1.87. The van der Waals surface area contributed by atoms with E-state index < -0.39 is 10.0 Å². The van der Waals surface area contributed by atoms with Crippen LogP contribution < -0.4 is 15.6 Å². The van der Waals surface area contributed by atoms with Gasteiger partial charge in [0.1, 0.15) is 0 Å². The van der Waals surface area contributed by atoms with E-state index in [0.717, 1.165) is 26.2 Å². The van der Waals surface area contributed by atoms with Crippen LogP contribution in [0.2, 0.25) is 0 Å². The first-order valence-corrected chi connectivity index (χ1v) is 7.70. The molecule has 1 fully saturated rings. The van der Waals surface area contributed by atoms with Gasteiger partial charge in [-0.15, -0.1) is 0 Å². The first-order chi connectivity index (χ1) is 9.05. The van der Waals surface area contributed by atoms with Gasteiger partial charge in [-0.1, -0.05) is 0 Å². The number of piperazine rings is 1. The molecule has 1 aromatic heterocycles. The second-order valence-corrected chi connectivity index (χ2v) is 6.16. The van der Waals surface area contributed by atoms with Crippen molar-refractivity contribution >= 4 is 15.8 Å². The zero-order valence-electron chi connectivity index (χ0n) is 10.4. The van der Waals surface area contributed by atoms with Crippen LogP contribution >= 0.6 is 0 Å². The number of nitrogens with zero attached hydrogens (tertiary/aromatic N) is 2. The Morgan fingerprint density at radius 1 is 1.32 bits per heavy atom. The van der Waals surface area contributed by atoms with Gasteiger partial charge in [0, 0.05) is 38.8 Å². The number of H-pyrrole nitrogens is 1. The van der Waals surface area contributed by atoms with Gasteiger partial charge in [-0.3, -0.25) is 14.4 Å². The topological polar surface area (TPSA) is 107 Å². The lowest BCUT2D eigenvalue weighted by Crippen LogP contribution is -2.45. The SMILES string of the molecule is O=c1ccc(NS(=O)(=O)CCN2CCNCC2)n[nH]1. The molecule has 0 spiro atoms. The second-order valence-electron chi connectivity index (χ2n) is 4.32. The summed E-state index contributed by atoms with van der Waals surface area (Å²) in [5.41, 5.74) is -0.372. The maximum atomic E-state index is 11.8. The number of hydrogen-bond acceptors (Lipinski definition) is 6. The van der Waals surface area contributed by atoms with Gasteiger partial charge in [-0.05, 0) is 6.07 Å². The first-order valence-electron chi connectivity index (χ1n) is 6.04. The molecule has 0 atom stereocenters. The summed E-state index contributed by atoms with van der Waals surface area (Å²) < 4.78 is 26.0. The van der Waals surface area contributed by atoms with Crippen molar-refractivity contribution in [1.82, 2.24) is 20.4 Å². The van der Waals surface area contributed by atoms with Gasteiger partial charge >= 0.3 is 0 Å².